The number of aryl methyl sites for hydroxylation is 1. The van der Waals surface area contributed by atoms with E-state index in [0.717, 1.165) is 28.5 Å². The maximum Gasteiger partial charge on any atom is 0.335 e. The molecular formula is C28H25Cl2NO3. The van der Waals surface area contributed by atoms with Crippen LogP contribution in [0.1, 0.15) is 58.3 Å². The quantitative estimate of drug-likeness (QED) is 0.282. The summed E-state index contributed by atoms with van der Waals surface area (Å²) in [7, 11) is 0. The van der Waals surface area contributed by atoms with E-state index in [-0.39, 0.29) is 11.5 Å². The summed E-state index contributed by atoms with van der Waals surface area (Å²) in [6.45, 7) is 4.01. The Bertz CT molecular complexity index is 1340. The van der Waals surface area contributed by atoms with E-state index >= 15 is 0 Å². The van der Waals surface area contributed by atoms with E-state index in [1.165, 1.54) is 0 Å². The van der Waals surface area contributed by atoms with Gasteiger partial charge in [0.1, 0.15) is 5.60 Å². The summed E-state index contributed by atoms with van der Waals surface area (Å²) in [5.74, 6) is -1.36. The van der Waals surface area contributed by atoms with Gasteiger partial charge in [-0.05, 0) is 78.1 Å². The van der Waals surface area contributed by atoms with Gasteiger partial charge in [0.25, 0.3) is 0 Å². The van der Waals surface area contributed by atoms with Gasteiger partial charge in [0.05, 0.1) is 11.1 Å². The minimum Gasteiger partial charge on any atom is -0.478 e. The van der Waals surface area contributed by atoms with Crippen LogP contribution in [0.15, 0.2) is 72.9 Å². The molecule has 3 aromatic carbocycles. The molecule has 0 aliphatic carbocycles. The van der Waals surface area contributed by atoms with Gasteiger partial charge in [0.2, 0.25) is 0 Å². The monoisotopic (exact) mass is 493 g/mol. The van der Waals surface area contributed by atoms with Gasteiger partial charge < -0.3 is 10.2 Å². The zero-order valence-corrected chi connectivity index (χ0v) is 20.4. The van der Waals surface area contributed by atoms with Gasteiger partial charge in [-0.25, -0.2) is 4.79 Å². The van der Waals surface area contributed by atoms with Crippen LogP contribution >= 0.6 is 23.2 Å². The Morgan fingerprint density at radius 3 is 2.29 bits per heavy atom. The standard InChI is InChI=1S/C28H25Cl2NO3/c1-3-4-24(18-5-7-19(8-6-18)27(32)33)28(34,20-9-11-21(29)12-10-20)25-13-14-31-26-17(2)15-22(30)16-23(25)26/h5-16,24,34H,3-4H2,1-2H3,(H,32,33)/t24-,28?/m1/s1. The first-order valence-corrected chi connectivity index (χ1v) is 11.9. The third-order valence-corrected chi connectivity index (χ3v) is 6.81. The van der Waals surface area contributed by atoms with Crippen molar-refractivity contribution in [2.45, 2.75) is 38.2 Å². The fraction of sp³-hybridized carbons (Fsp3) is 0.214. The summed E-state index contributed by atoms with van der Waals surface area (Å²) >= 11 is 12.6. The fourth-order valence-corrected chi connectivity index (χ4v) is 5.13. The maximum atomic E-state index is 12.7. The summed E-state index contributed by atoms with van der Waals surface area (Å²) < 4.78 is 0. The molecule has 4 rings (SSSR count). The second kappa shape index (κ2) is 9.75. The fourth-order valence-electron chi connectivity index (χ4n) is 4.73. The number of benzene rings is 3. The van der Waals surface area contributed by atoms with Crippen LogP contribution in [0.25, 0.3) is 10.9 Å². The molecule has 0 spiro atoms. The SMILES string of the molecule is CCC[C@H](c1ccc(C(=O)O)cc1)C(O)(c1ccc(Cl)cc1)c1ccnc2c(C)cc(Cl)cc12. The molecule has 0 aliphatic rings. The first-order chi connectivity index (χ1) is 16.3. The van der Waals surface area contributed by atoms with Crippen LogP contribution in [0.5, 0.6) is 0 Å². The van der Waals surface area contributed by atoms with Gasteiger partial charge in [0, 0.05) is 27.5 Å². The second-order valence-electron chi connectivity index (χ2n) is 8.52. The molecule has 1 aromatic heterocycles. The van der Waals surface area contributed by atoms with Crippen molar-refractivity contribution in [3.8, 4) is 0 Å². The van der Waals surface area contributed by atoms with E-state index in [4.69, 9.17) is 23.2 Å². The van der Waals surface area contributed by atoms with Gasteiger partial charge in [0.15, 0.2) is 0 Å². The van der Waals surface area contributed by atoms with E-state index < -0.39 is 11.6 Å². The van der Waals surface area contributed by atoms with E-state index in [1.54, 1.807) is 42.6 Å². The highest BCUT2D eigenvalue weighted by molar-refractivity contribution is 6.31. The molecule has 1 heterocycles. The number of carboxylic acids is 1. The van der Waals surface area contributed by atoms with Crippen LogP contribution in [0.3, 0.4) is 0 Å². The van der Waals surface area contributed by atoms with Gasteiger partial charge in [-0.15, -0.1) is 0 Å². The summed E-state index contributed by atoms with van der Waals surface area (Å²) in [5, 5.41) is 24.0. The minimum absolute atomic E-state index is 0.200. The van der Waals surface area contributed by atoms with Crippen molar-refractivity contribution in [1.82, 2.24) is 4.98 Å². The first kappa shape index (κ1) is 24.2. The second-order valence-corrected chi connectivity index (χ2v) is 9.39. The molecule has 4 aromatic rings. The molecular weight excluding hydrogens is 469 g/mol. The van der Waals surface area contributed by atoms with Crippen molar-refractivity contribution in [2.75, 3.05) is 0 Å². The lowest BCUT2D eigenvalue weighted by molar-refractivity contribution is 0.0470. The Labute approximate surface area is 208 Å². The molecule has 1 unspecified atom stereocenters. The van der Waals surface area contributed by atoms with Crippen LogP contribution in [-0.4, -0.2) is 21.2 Å². The number of carbonyl (C=O) groups is 1. The van der Waals surface area contributed by atoms with Gasteiger partial charge >= 0.3 is 5.97 Å². The highest BCUT2D eigenvalue weighted by Crippen LogP contribution is 2.47. The number of aliphatic hydroxyl groups is 1. The van der Waals surface area contributed by atoms with Crippen molar-refractivity contribution in [1.29, 1.82) is 0 Å². The molecule has 0 bridgehead atoms. The Kier molecular flexibility index (Phi) is 6.94. The number of hydrogen-bond acceptors (Lipinski definition) is 3. The summed E-state index contributed by atoms with van der Waals surface area (Å²) in [6, 6.07) is 19.4. The number of pyridine rings is 1. The predicted octanol–water partition coefficient (Wildman–Crippen LogP) is 7.37. The highest BCUT2D eigenvalue weighted by Gasteiger charge is 2.42. The van der Waals surface area contributed by atoms with Gasteiger partial charge in [-0.3, -0.25) is 4.98 Å². The summed E-state index contributed by atoms with van der Waals surface area (Å²) in [4.78, 5) is 16.0. The van der Waals surface area contributed by atoms with Crippen LogP contribution in [0.4, 0.5) is 0 Å². The predicted molar refractivity (Wildman–Crippen MR) is 137 cm³/mol. The lowest BCUT2D eigenvalue weighted by Gasteiger charge is -2.38. The van der Waals surface area contributed by atoms with Crippen molar-refractivity contribution < 1.29 is 15.0 Å². The van der Waals surface area contributed by atoms with Crippen molar-refractivity contribution in [3.05, 3.63) is 111 Å². The third kappa shape index (κ3) is 4.41. The Morgan fingerprint density at radius 1 is 1.00 bits per heavy atom. The molecule has 0 radical (unpaired) electrons. The van der Waals surface area contributed by atoms with Gasteiger partial charge in [-0.1, -0.05) is 60.8 Å². The van der Waals surface area contributed by atoms with Crippen LogP contribution in [0.2, 0.25) is 10.0 Å². The van der Waals surface area contributed by atoms with Crippen molar-refractivity contribution in [3.63, 3.8) is 0 Å². The average molecular weight is 494 g/mol. The van der Waals surface area contributed by atoms with E-state index in [0.29, 0.717) is 27.6 Å². The summed E-state index contributed by atoms with van der Waals surface area (Å²) in [6.07, 6.45) is 3.18. The molecule has 2 atom stereocenters. The zero-order valence-electron chi connectivity index (χ0n) is 18.9. The lowest BCUT2D eigenvalue weighted by Crippen LogP contribution is -2.35. The number of hydrogen-bond donors (Lipinski definition) is 2. The van der Waals surface area contributed by atoms with E-state index in [2.05, 4.69) is 11.9 Å². The molecule has 6 heteroatoms. The van der Waals surface area contributed by atoms with Crippen molar-refractivity contribution in [2.24, 2.45) is 0 Å². The molecule has 0 saturated heterocycles. The lowest BCUT2D eigenvalue weighted by atomic mass is 9.70. The number of aromatic carboxylic acids is 1. The van der Waals surface area contributed by atoms with E-state index in [9.17, 15) is 15.0 Å². The number of nitrogens with zero attached hydrogens (tertiary/aromatic N) is 1. The molecule has 2 N–H and O–H groups in total. The van der Waals surface area contributed by atoms with Gasteiger partial charge in [-0.2, -0.15) is 0 Å². The van der Waals surface area contributed by atoms with Crippen LogP contribution in [-0.2, 0) is 5.60 Å². The maximum absolute atomic E-state index is 12.7. The molecule has 0 aliphatic heterocycles. The third-order valence-electron chi connectivity index (χ3n) is 6.34. The Morgan fingerprint density at radius 2 is 1.68 bits per heavy atom. The van der Waals surface area contributed by atoms with Crippen LogP contribution in [0, 0.1) is 6.92 Å². The number of carboxylic acid groups (broad SMARTS) is 1. The molecule has 0 saturated carbocycles. The molecule has 174 valence electrons. The number of aromatic nitrogens is 1. The van der Waals surface area contributed by atoms with Crippen LogP contribution < -0.4 is 0 Å². The number of halogens is 2. The molecule has 34 heavy (non-hydrogen) atoms. The smallest absolute Gasteiger partial charge is 0.335 e. The largest absolute Gasteiger partial charge is 0.478 e. The number of rotatable bonds is 7. The first-order valence-electron chi connectivity index (χ1n) is 11.1. The Hall–Kier alpha value is -2.92. The minimum atomic E-state index is -1.45. The topological polar surface area (TPSA) is 70.4 Å². The number of fused-ring (bicyclic) bond motifs is 1. The average Bonchev–Trinajstić information content (AvgIpc) is 2.82. The van der Waals surface area contributed by atoms with Crippen molar-refractivity contribution >= 4 is 40.1 Å². The molecule has 4 nitrogen and oxygen atoms in total. The summed E-state index contributed by atoms with van der Waals surface area (Å²) in [5.41, 5.74) is 2.64. The zero-order chi connectivity index (χ0) is 24.5. The highest BCUT2D eigenvalue weighted by atomic mass is 35.5. The Balaban J connectivity index is 2.03. The molecule has 0 fully saturated rings. The van der Waals surface area contributed by atoms with E-state index in [1.807, 2.05) is 37.3 Å². The molecule has 0 amide bonds. The normalized spacial score (nSPS) is 14.0.